The van der Waals surface area contributed by atoms with Crippen LogP contribution in [0.25, 0.3) is 110 Å². The number of benzene rings is 10. The van der Waals surface area contributed by atoms with Crippen molar-refractivity contribution in [3.05, 3.63) is 194 Å². The molecule has 1 nitrogen and oxygen atoms in total. The lowest BCUT2D eigenvalue weighted by Crippen LogP contribution is -1.92. The van der Waals surface area contributed by atoms with E-state index in [0.29, 0.717) is 0 Å². The lowest BCUT2D eigenvalue weighted by Gasteiger charge is -2.20. The maximum absolute atomic E-state index is 6.72. The molecule has 0 amide bonds. The third-order valence-electron chi connectivity index (χ3n) is 11.0. The first kappa shape index (κ1) is 29.7. The predicted octanol–water partition coefficient (Wildman–Crippen LogP) is 14.8. The van der Waals surface area contributed by atoms with Crippen molar-refractivity contribution in [3.8, 4) is 55.6 Å². The maximum atomic E-state index is 6.72. The van der Waals surface area contributed by atoms with Crippen molar-refractivity contribution in [1.29, 1.82) is 0 Å². The zero-order chi connectivity index (χ0) is 34.9. The van der Waals surface area contributed by atoms with Crippen LogP contribution in [0.2, 0.25) is 0 Å². The molecule has 0 aliphatic heterocycles. The smallest absolute Gasteiger partial charge is 0.143 e. The summed E-state index contributed by atoms with van der Waals surface area (Å²) in [5.41, 5.74) is 14.0. The van der Waals surface area contributed by atoms with Crippen molar-refractivity contribution >= 4 is 54.3 Å². The van der Waals surface area contributed by atoms with Crippen molar-refractivity contribution < 1.29 is 4.42 Å². The van der Waals surface area contributed by atoms with E-state index in [2.05, 4.69) is 194 Å². The van der Waals surface area contributed by atoms with E-state index in [1.54, 1.807) is 0 Å². The molecule has 1 heteroatoms. The summed E-state index contributed by atoms with van der Waals surface area (Å²) in [6.45, 7) is 0. The molecule has 11 rings (SSSR count). The molecule has 1 aromatic heterocycles. The largest absolute Gasteiger partial charge is 0.455 e. The molecule has 11 aromatic rings. The molecule has 0 saturated heterocycles. The second-order valence-electron chi connectivity index (χ2n) is 14.0. The van der Waals surface area contributed by atoms with Gasteiger partial charge in [0.1, 0.15) is 11.2 Å². The molecule has 10 aromatic carbocycles. The Morgan fingerprint density at radius 3 is 1.49 bits per heavy atom. The average molecular weight is 673 g/mol. The first-order valence-electron chi connectivity index (χ1n) is 18.3. The molecule has 0 radical (unpaired) electrons. The molecule has 246 valence electrons. The minimum Gasteiger partial charge on any atom is -0.455 e. The minimum absolute atomic E-state index is 0.928. The zero-order valence-electron chi connectivity index (χ0n) is 28.9. The van der Waals surface area contributed by atoms with E-state index in [1.807, 2.05) is 0 Å². The molecular formula is C52H32O. The lowest BCUT2D eigenvalue weighted by molar-refractivity contribution is 0.670. The van der Waals surface area contributed by atoms with Crippen LogP contribution < -0.4 is 0 Å². The summed E-state index contributed by atoms with van der Waals surface area (Å²) in [5.74, 6) is 0. The highest BCUT2D eigenvalue weighted by Crippen LogP contribution is 2.50. The Morgan fingerprint density at radius 2 is 0.811 bits per heavy atom. The Hall–Kier alpha value is -6.96. The topological polar surface area (TPSA) is 13.1 Å². The van der Waals surface area contributed by atoms with Gasteiger partial charge in [-0.3, -0.25) is 0 Å². The molecule has 53 heavy (non-hydrogen) atoms. The zero-order valence-corrected chi connectivity index (χ0v) is 28.9. The van der Waals surface area contributed by atoms with Gasteiger partial charge in [0.05, 0.1) is 0 Å². The highest BCUT2D eigenvalue weighted by molar-refractivity contribution is 6.31. The summed E-state index contributed by atoms with van der Waals surface area (Å²) < 4.78 is 6.72. The molecular weight excluding hydrogens is 641 g/mol. The molecule has 0 atom stereocenters. The highest BCUT2D eigenvalue weighted by Gasteiger charge is 2.23. The van der Waals surface area contributed by atoms with Gasteiger partial charge in [-0.1, -0.05) is 170 Å². The summed E-state index contributed by atoms with van der Waals surface area (Å²) in [7, 11) is 0. The molecule has 0 unspecified atom stereocenters. The van der Waals surface area contributed by atoms with Crippen LogP contribution in [-0.4, -0.2) is 0 Å². The maximum Gasteiger partial charge on any atom is 0.143 e. The number of furan rings is 1. The quantitative estimate of drug-likeness (QED) is 0.131. The predicted molar refractivity (Wildman–Crippen MR) is 225 cm³/mol. The number of hydrogen-bond acceptors (Lipinski definition) is 1. The van der Waals surface area contributed by atoms with Crippen LogP contribution in [0.3, 0.4) is 0 Å². The molecule has 0 spiro atoms. The fourth-order valence-corrected chi connectivity index (χ4v) is 8.65. The Bertz CT molecular complexity index is 3080. The van der Waals surface area contributed by atoms with E-state index in [-0.39, 0.29) is 0 Å². The SMILES string of the molecule is c1ccc(-c2ccc(-c3cccc(-c4c5ccccc5c(-c5cc6cccc7oc8c(-c9ccccc9)ccc5c8c67)c5ccccc45)c3)cc2)cc1. The summed E-state index contributed by atoms with van der Waals surface area (Å²) in [6.07, 6.45) is 0. The lowest BCUT2D eigenvalue weighted by atomic mass is 9.83. The van der Waals surface area contributed by atoms with Gasteiger partial charge in [-0.2, -0.15) is 0 Å². The van der Waals surface area contributed by atoms with Gasteiger partial charge in [-0.25, -0.2) is 0 Å². The van der Waals surface area contributed by atoms with Gasteiger partial charge in [0.25, 0.3) is 0 Å². The van der Waals surface area contributed by atoms with Crippen LogP contribution in [0, 0.1) is 0 Å². The van der Waals surface area contributed by atoms with Crippen LogP contribution in [0.5, 0.6) is 0 Å². The van der Waals surface area contributed by atoms with E-state index in [4.69, 9.17) is 4.42 Å². The van der Waals surface area contributed by atoms with Gasteiger partial charge in [-0.05, 0) is 107 Å². The fraction of sp³-hybridized carbons (Fsp3) is 0. The van der Waals surface area contributed by atoms with E-state index in [9.17, 15) is 0 Å². The molecule has 0 N–H and O–H groups in total. The van der Waals surface area contributed by atoms with E-state index in [0.717, 1.165) is 22.3 Å². The van der Waals surface area contributed by atoms with Crippen LogP contribution in [0.1, 0.15) is 0 Å². The molecule has 0 aliphatic rings. The number of hydrogen-bond donors (Lipinski definition) is 0. The van der Waals surface area contributed by atoms with Gasteiger partial charge in [0.15, 0.2) is 0 Å². The van der Waals surface area contributed by atoms with Crippen LogP contribution in [0.4, 0.5) is 0 Å². The first-order valence-corrected chi connectivity index (χ1v) is 18.3. The summed E-state index contributed by atoms with van der Waals surface area (Å²) in [4.78, 5) is 0. The third kappa shape index (κ3) is 4.64. The highest BCUT2D eigenvalue weighted by atomic mass is 16.3. The van der Waals surface area contributed by atoms with E-state index < -0.39 is 0 Å². The molecule has 1 heterocycles. The summed E-state index contributed by atoms with van der Waals surface area (Å²) >= 11 is 0. The van der Waals surface area contributed by atoms with Crippen molar-refractivity contribution in [2.24, 2.45) is 0 Å². The van der Waals surface area contributed by atoms with Crippen LogP contribution in [-0.2, 0) is 0 Å². The molecule has 0 fully saturated rings. The molecule has 0 aliphatic carbocycles. The van der Waals surface area contributed by atoms with Gasteiger partial charge >= 0.3 is 0 Å². The summed E-state index contributed by atoms with van der Waals surface area (Å²) in [5, 5.41) is 9.75. The molecule has 0 saturated carbocycles. The third-order valence-corrected chi connectivity index (χ3v) is 11.0. The Kier molecular flexibility index (Phi) is 6.62. The average Bonchev–Trinajstić information content (AvgIpc) is 3.63. The summed E-state index contributed by atoms with van der Waals surface area (Å²) in [6, 6.07) is 70.4. The number of rotatable bonds is 5. The number of fused-ring (bicyclic) bond motifs is 2. The van der Waals surface area contributed by atoms with E-state index in [1.165, 1.54) is 87.6 Å². The Labute approximate surface area is 307 Å². The second kappa shape index (κ2) is 11.8. The van der Waals surface area contributed by atoms with Crippen molar-refractivity contribution in [3.63, 3.8) is 0 Å². The van der Waals surface area contributed by atoms with Crippen LogP contribution in [0.15, 0.2) is 199 Å². The normalized spacial score (nSPS) is 11.8. The standard InChI is InChI=1S/C52H32O/c1-3-13-33(14-4-1)34-25-27-35(28-26-34)37-17-11-18-38(31-37)48-41-20-7-9-22-43(41)50(44-23-10-8-21-42(44)48)46-32-39-19-12-24-47-49(39)51-45(46)30-29-40(52(51)53-47)36-15-5-2-6-16-36/h1-32H. The van der Waals surface area contributed by atoms with Crippen LogP contribution >= 0.6 is 0 Å². The van der Waals surface area contributed by atoms with Gasteiger partial charge in [-0.15, -0.1) is 0 Å². The Balaban J connectivity index is 1.15. The monoisotopic (exact) mass is 672 g/mol. The van der Waals surface area contributed by atoms with Crippen molar-refractivity contribution in [2.75, 3.05) is 0 Å². The second-order valence-corrected chi connectivity index (χ2v) is 14.0. The Morgan fingerprint density at radius 1 is 0.283 bits per heavy atom. The first-order chi connectivity index (χ1) is 26.3. The van der Waals surface area contributed by atoms with Crippen molar-refractivity contribution in [1.82, 2.24) is 0 Å². The van der Waals surface area contributed by atoms with Gasteiger partial charge in [0, 0.05) is 16.3 Å². The molecule has 0 bridgehead atoms. The van der Waals surface area contributed by atoms with Crippen molar-refractivity contribution in [2.45, 2.75) is 0 Å². The minimum atomic E-state index is 0.928. The van der Waals surface area contributed by atoms with Gasteiger partial charge < -0.3 is 4.42 Å². The fourth-order valence-electron chi connectivity index (χ4n) is 8.65. The van der Waals surface area contributed by atoms with E-state index >= 15 is 0 Å². The van der Waals surface area contributed by atoms with Gasteiger partial charge in [0.2, 0.25) is 0 Å².